The van der Waals surface area contributed by atoms with E-state index < -0.39 is 23.7 Å². The summed E-state index contributed by atoms with van der Waals surface area (Å²) in [5.74, 6) is 0.249. The van der Waals surface area contributed by atoms with E-state index in [9.17, 15) is 9.59 Å². The molecule has 0 aliphatic carbocycles. The summed E-state index contributed by atoms with van der Waals surface area (Å²) in [4.78, 5) is 24.9. The normalized spacial score (nSPS) is 12.2. The van der Waals surface area contributed by atoms with Gasteiger partial charge in [0.05, 0.1) is 13.2 Å². The first kappa shape index (κ1) is 25.5. The molecule has 164 valence electrons. The summed E-state index contributed by atoms with van der Waals surface area (Å²) in [5.41, 5.74) is 0.193. The van der Waals surface area contributed by atoms with Crippen molar-refractivity contribution in [3.63, 3.8) is 0 Å². The Hall–Kier alpha value is -1.51. The van der Waals surface area contributed by atoms with Crippen LogP contribution in [0.4, 0.5) is 4.79 Å². The van der Waals surface area contributed by atoms with E-state index in [-0.39, 0.29) is 6.42 Å². The molecule has 0 aromatic heterocycles. The Kier molecular flexibility index (Phi) is 11.4. The summed E-state index contributed by atoms with van der Waals surface area (Å²) in [6, 6.07) is 4.97. The number of halogens is 1. The highest BCUT2D eigenvalue weighted by Crippen LogP contribution is 2.24. The molecule has 1 rings (SSSR count). The molecule has 0 bridgehead atoms. The molecule has 6 nitrogen and oxygen atoms in total. The highest BCUT2D eigenvalue weighted by molar-refractivity contribution is 14.1. The van der Waals surface area contributed by atoms with E-state index in [0.717, 1.165) is 40.6 Å². The fourth-order valence-electron chi connectivity index (χ4n) is 2.46. The average Bonchev–Trinajstić information content (AvgIpc) is 2.61. The van der Waals surface area contributed by atoms with Crippen LogP contribution in [0.25, 0.3) is 0 Å². The number of carbonyl (C=O) groups excluding carboxylic acids is 2. The van der Waals surface area contributed by atoms with Gasteiger partial charge in [0, 0.05) is 9.99 Å². The number of hydrogen-bond acceptors (Lipinski definition) is 5. The minimum atomic E-state index is -0.853. The Morgan fingerprint density at radius 1 is 1.10 bits per heavy atom. The van der Waals surface area contributed by atoms with E-state index >= 15 is 0 Å². The van der Waals surface area contributed by atoms with Gasteiger partial charge in [0.25, 0.3) is 0 Å². The number of carbonyl (C=O) groups is 2. The number of esters is 1. The van der Waals surface area contributed by atoms with Gasteiger partial charge < -0.3 is 19.5 Å². The van der Waals surface area contributed by atoms with Crippen LogP contribution in [0.3, 0.4) is 0 Å². The molecule has 1 N–H and O–H groups in total. The van der Waals surface area contributed by atoms with Crippen molar-refractivity contribution in [2.45, 2.75) is 78.4 Å². The topological polar surface area (TPSA) is 73.9 Å². The Labute approximate surface area is 188 Å². The van der Waals surface area contributed by atoms with Gasteiger partial charge in [0.15, 0.2) is 0 Å². The van der Waals surface area contributed by atoms with Gasteiger partial charge in [-0.15, -0.1) is 0 Å². The second-order valence-electron chi connectivity index (χ2n) is 7.88. The first-order valence-corrected chi connectivity index (χ1v) is 11.3. The zero-order valence-corrected chi connectivity index (χ0v) is 20.3. The molecule has 29 heavy (non-hydrogen) atoms. The molecule has 0 unspecified atom stereocenters. The maximum absolute atomic E-state index is 12.6. The molecule has 1 aromatic rings. The van der Waals surface area contributed by atoms with Crippen molar-refractivity contribution in [3.8, 4) is 5.75 Å². The predicted octanol–water partition coefficient (Wildman–Crippen LogP) is 5.25. The first-order chi connectivity index (χ1) is 13.7. The maximum Gasteiger partial charge on any atom is 0.408 e. The van der Waals surface area contributed by atoms with E-state index in [1.807, 2.05) is 25.1 Å². The van der Waals surface area contributed by atoms with Crippen LogP contribution in [-0.4, -0.2) is 36.9 Å². The van der Waals surface area contributed by atoms with Gasteiger partial charge in [0.1, 0.15) is 17.4 Å². The van der Waals surface area contributed by atoms with Crippen LogP contribution in [0, 0.1) is 3.57 Å². The van der Waals surface area contributed by atoms with Gasteiger partial charge in [-0.3, -0.25) is 0 Å². The second kappa shape index (κ2) is 12.9. The minimum absolute atomic E-state index is 0.266. The summed E-state index contributed by atoms with van der Waals surface area (Å²) in [6.45, 7) is 10.4. The lowest BCUT2D eigenvalue weighted by Crippen LogP contribution is -2.45. The Morgan fingerprint density at radius 2 is 1.76 bits per heavy atom. The van der Waals surface area contributed by atoms with E-state index in [0.29, 0.717) is 13.2 Å². The minimum Gasteiger partial charge on any atom is -0.493 e. The molecule has 0 saturated carbocycles. The monoisotopic (exact) mass is 519 g/mol. The maximum atomic E-state index is 12.6. The van der Waals surface area contributed by atoms with Crippen molar-refractivity contribution in [2.75, 3.05) is 13.2 Å². The Balaban J connectivity index is 2.98. The first-order valence-electron chi connectivity index (χ1n) is 10.2. The molecule has 0 heterocycles. The lowest BCUT2D eigenvalue weighted by molar-refractivity contribution is -0.146. The molecule has 0 radical (unpaired) electrons. The third-order valence-electron chi connectivity index (χ3n) is 3.92. The SMILES string of the molecule is CCCCOC(=O)[C@H](Cc1cc(I)ccc1OCCCC)NC(=O)OC(C)(C)C. The number of unbranched alkanes of at least 4 members (excludes halogenated alkanes) is 2. The number of alkyl carbamates (subject to hydrolysis) is 1. The molecule has 1 atom stereocenters. The van der Waals surface area contributed by atoms with Crippen LogP contribution >= 0.6 is 22.6 Å². The van der Waals surface area contributed by atoms with Gasteiger partial charge in [-0.25, -0.2) is 9.59 Å². The number of ether oxygens (including phenoxy) is 3. The van der Waals surface area contributed by atoms with Crippen LogP contribution in [0.1, 0.15) is 65.9 Å². The van der Waals surface area contributed by atoms with Gasteiger partial charge in [-0.05, 0) is 80.0 Å². The predicted molar refractivity (Wildman–Crippen MR) is 122 cm³/mol. The molecular formula is C22H34INO5. The van der Waals surface area contributed by atoms with Crippen LogP contribution < -0.4 is 10.1 Å². The van der Waals surface area contributed by atoms with Crippen molar-refractivity contribution in [1.82, 2.24) is 5.32 Å². The van der Waals surface area contributed by atoms with Crippen molar-refractivity contribution in [3.05, 3.63) is 27.3 Å². The van der Waals surface area contributed by atoms with E-state index in [2.05, 4.69) is 34.8 Å². The number of hydrogen-bond donors (Lipinski definition) is 1. The molecule has 1 aromatic carbocycles. The summed E-state index contributed by atoms with van der Waals surface area (Å²) in [7, 11) is 0. The van der Waals surface area contributed by atoms with Crippen LogP contribution in [0.15, 0.2) is 18.2 Å². The molecule has 0 aliphatic rings. The molecule has 7 heteroatoms. The van der Waals surface area contributed by atoms with Crippen LogP contribution in [0.5, 0.6) is 5.75 Å². The summed E-state index contributed by atoms with van der Waals surface area (Å²) in [6.07, 6.45) is 3.30. The van der Waals surface area contributed by atoms with Gasteiger partial charge in [-0.2, -0.15) is 0 Å². The van der Waals surface area contributed by atoms with Crippen LogP contribution in [-0.2, 0) is 20.7 Å². The summed E-state index contributed by atoms with van der Waals surface area (Å²) in [5, 5.41) is 2.67. The zero-order chi connectivity index (χ0) is 21.9. The number of nitrogens with one attached hydrogen (secondary N) is 1. The van der Waals surface area contributed by atoms with Gasteiger partial charge in [0.2, 0.25) is 0 Å². The molecular weight excluding hydrogens is 485 g/mol. The van der Waals surface area contributed by atoms with Crippen molar-refractivity contribution in [2.24, 2.45) is 0 Å². The standard InChI is InChI=1S/C22H34INO5/c1-6-8-12-27-19-11-10-17(23)14-16(19)15-18(20(25)28-13-9-7-2)24-21(26)29-22(3,4)5/h10-11,14,18H,6-9,12-13,15H2,1-5H3,(H,24,26)/t18-/m0/s1. The molecule has 0 saturated heterocycles. The zero-order valence-electron chi connectivity index (χ0n) is 18.2. The molecule has 1 amide bonds. The van der Waals surface area contributed by atoms with Gasteiger partial charge >= 0.3 is 12.1 Å². The molecule has 0 fully saturated rings. The fraction of sp³-hybridized carbons (Fsp3) is 0.636. The van der Waals surface area contributed by atoms with E-state index in [1.54, 1.807) is 20.8 Å². The lowest BCUT2D eigenvalue weighted by Gasteiger charge is -2.23. The lowest BCUT2D eigenvalue weighted by atomic mass is 10.0. The highest BCUT2D eigenvalue weighted by Gasteiger charge is 2.27. The third-order valence-corrected chi connectivity index (χ3v) is 4.59. The number of rotatable bonds is 11. The van der Waals surface area contributed by atoms with Crippen molar-refractivity contribution in [1.29, 1.82) is 0 Å². The molecule has 0 aliphatic heterocycles. The van der Waals surface area contributed by atoms with Crippen molar-refractivity contribution >= 4 is 34.7 Å². The quantitative estimate of drug-likeness (QED) is 0.246. The largest absolute Gasteiger partial charge is 0.493 e. The third kappa shape index (κ3) is 10.7. The number of benzene rings is 1. The van der Waals surface area contributed by atoms with Crippen molar-refractivity contribution < 1.29 is 23.8 Å². The molecule has 0 spiro atoms. The van der Waals surface area contributed by atoms with Crippen LogP contribution in [0.2, 0.25) is 0 Å². The smallest absolute Gasteiger partial charge is 0.408 e. The summed E-state index contributed by atoms with van der Waals surface area (Å²) >= 11 is 2.22. The number of amides is 1. The highest BCUT2D eigenvalue weighted by atomic mass is 127. The average molecular weight is 519 g/mol. The summed E-state index contributed by atoms with van der Waals surface area (Å²) < 4.78 is 17.6. The van der Waals surface area contributed by atoms with E-state index in [4.69, 9.17) is 14.2 Å². The second-order valence-corrected chi connectivity index (χ2v) is 9.12. The van der Waals surface area contributed by atoms with E-state index in [1.165, 1.54) is 0 Å². The Morgan fingerprint density at radius 3 is 2.38 bits per heavy atom. The Bertz CT molecular complexity index is 657. The van der Waals surface area contributed by atoms with Gasteiger partial charge in [-0.1, -0.05) is 26.7 Å². The fourth-order valence-corrected chi connectivity index (χ4v) is 3.01.